The molecule has 0 amide bonds. The maximum atomic E-state index is 13.7. The van der Waals surface area contributed by atoms with Crippen molar-refractivity contribution < 1.29 is 36.6 Å². The number of hydrogen-bond acceptors (Lipinski definition) is 3. The number of halogens is 5. The molecule has 0 bridgehead atoms. The lowest BCUT2D eigenvalue weighted by molar-refractivity contribution is -0.303. The summed E-state index contributed by atoms with van der Waals surface area (Å²) < 4.78 is 71.1. The van der Waals surface area contributed by atoms with Crippen molar-refractivity contribution in [2.75, 3.05) is 0 Å². The van der Waals surface area contributed by atoms with Gasteiger partial charge in [0.25, 0.3) is 5.97 Å². The Balaban J connectivity index is 2.59. The number of rotatable bonds is 3. The SMILES string of the molecule is OC(O)(O[SiH3])c1ccc(-c2c(F)c(F)c(F)c(F)c2F)cc1. The quantitative estimate of drug-likeness (QED) is 0.293. The van der Waals surface area contributed by atoms with Crippen LogP contribution in [0.2, 0.25) is 0 Å². The van der Waals surface area contributed by atoms with E-state index in [2.05, 4.69) is 4.43 Å². The summed E-state index contributed by atoms with van der Waals surface area (Å²) in [6, 6.07) is 4.03. The lowest BCUT2D eigenvalue weighted by Gasteiger charge is -2.20. The van der Waals surface area contributed by atoms with Gasteiger partial charge in [0, 0.05) is 5.56 Å². The van der Waals surface area contributed by atoms with Gasteiger partial charge in [-0.05, 0) is 5.56 Å². The molecule has 2 N–H and O–H groups in total. The fourth-order valence-electron chi connectivity index (χ4n) is 1.83. The molecule has 0 heterocycles. The van der Waals surface area contributed by atoms with Gasteiger partial charge in [-0.15, -0.1) is 0 Å². The Kier molecular flexibility index (Phi) is 4.34. The molecule has 0 aliphatic heterocycles. The molecule has 0 atom stereocenters. The second kappa shape index (κ2) is 5.76. The third kappa shape index (κ3) is 2.63. The first kappa shape index (κ1) is 16.6. The average molecular weight is 336 g/mol. The van der Waals surface area contributed by atoms with E-state index in [4.69, 9.17) is 0 Å². The minimum atomic E-state index is -2.58. The number of hydrogen-bond donors (Lipinski definition) is 2. The molecule has 0 saturated heterocycles. The van der Waals surface area contributed by atoms with Gasteiger partial charge in [0.15, 0.2) is 33.8 Å². The molecule has 0 unspecified atom stereocenters. The first-order valence-corrected chi connectivity index (χ1v) is 6.64. The highest BCUT2D eigenvalue weighted by atomic mass is 28.2. The van der Waals surface area contributed by atoms with Crippen molar-refractivity contribution in [3.05, 3.63) is 58.9 Å². The van der Waals surface area contributed by atoms with E-state index in [1.165, 1.54) is 0 Å². The summed E-state index contributed by atoms with van der Waals surface area (Å²) in [5, 5.41) is 18.9. The molecule has 0 radical (unpaired) electrons. The van der Waals surface area contributed by atoms with Crippen molar-refractivity contribution >= 4 is 10.5 Å². The Labute approximate surface area is 124 Å². The summed E-state index contributed by atoms with van der Waals surface area (Å²) in [7, 11) is -0.0112. The molecular formula is C13H9F5O3Si. The maximum absolute atomic E-state index is 13.7. The van der Waals surface area contributed by atoms with Crippen LogP contribution in [0, 0.1) is 29.1 Å². The van der Waals surface area contributed by atoms with Crippen LogP contribution in [-0.4, -0.2) is 20.7 Å². The van der Waals surface area contributed by atoms with Crippen LogP contribution in [0.15, 0.2) is 24.3 Å². The van der Waals surface area contributed by atoms with Gasteiger partial charge in [-0.3, -0.25) is 0 Å². The van der Waals surface area contributed by atoms with Crippen LogP contribution in [0.5, 0.6) is 0 Å². The largest absolute Gasteiger partial charge is 0.377 e. The average Bonchev–Trinajstić information content (AvgIpc) is 2.52. The van der Waals surface area contributed by atoms with Crippen LogP contribution in [0.3, 0.4) is 0 Å². The van der Waals surface area contributed by atoms with Gasteiger partial charge in [0.2, 0.25) is 5.82 Å². The smallest absolute Gasteiger partial charge is 0.296 e. The summed E-state index contributed by atoms with van der Waals surface area (Å²) in [6.07, 6.45) is 0. The third-order valence-electron chi connectivity index (χ3n) is 3.04. The van der Waals surface area contributed by atoms with E-state index in [-0.39, 0.29) is 21.6 Å². The zero-order chi connectivity index (χ0) is 16.7. The molecule has 2 rings (SSSR count). The zero-order valence-corrected chi connectivity index (χ0v) is 13.0. The van der Waals surface area contributed by atoms with E-state index in [0.29, 0.717) is 0 Å². The molecule has 0 aromatic heterocycles. The predicted octanol–water partition coefficient (Wildman–Crippen LogP) is 1.44. The molecule has 0 aliphatic carbocycles. The van der Waals surface area contributed by atoms with Crippen LogP contribution < -0.4 is 0 Å². The minimum Gasteiger partial charge on any atom is -0.377 e. The molecular weight excluding hydrogens is 327 g/mol. The minimum absolute atomic E-state index is 0.0112. The summed E-state index contributed by atoms with van der Waals surface area (Å²) in [5.41, 5.74) is -1.58. The van der Waals surface area contributed by atoms with E-state index in [0.717, 1.165) is 24.3 Å². The van der Waals surface area contributed by atoms with Crippen LogP contribution in [0.1, 0.15) is 5.56 Å². The first-order valence-electron chi connectivity index (χ1n) is 5.83. The summed E-state index contributed by atoms with van der Waals surface area (Å²) >= 11 is 0. The molecule has 0 spiro atoms. The van der Waals surface area contributed by atoms with Gasteiger partial charge in [-0.2, -0.15) is 0 Å². The topological polar surface area (TPSA) is 49.7 Å². The van der Waals surface area contributed by atoms with Gasteiger partial charge in [-0.25, -0.2) is 22.0 Å². The molecule has 0 fully saturated rings. The van der Waals surface area contributed by atoms with Gasteiger partial charge >= 0.3 is 0 Å². The van der Waals surface area contributed by atoms with Crippen molar-refractivity contribution in [1.82, 2.24) is 0 Å². The van der Waals surface area contributed by atoms with Crippen molar-refractivity contribution in [2.24, 2.45) is 0 Å². The lowest BCUT2D eigenvalue weighted by Crippen LogP contribution is -2.27. The van der Waals surface area contributed by atoms with Gasteiger partial charge in [-0.1, -0.05) is 24.3 Å². The van der Waals surface area contributed by atoms with Crippen LogP contribution in [0.25, 0.3) is 11.1 Å². The van der Waals surface area contributed by atoms with Crippen LogP contribution in [-0.2, 0) is 10.4 Å². The summed E-state index contributed by atoms with van der Waals surface area (Å²) in [6.45, 7) is 0. The maximum Gasteiger partial charge on any atom is 0.296 e. The Morgan fingerprint density at radius 3 is 1.59 bits per heavy atom. The Morgan fingerprint density at radius 2 is 1.18 bits per heavy atom. The first-order chi connectivity index (χ1) is 10.2. The standard InChI is InChI=1S/C13H9F5O3Si/c14-8-7(9(15)11(17)12(18)10(8)16)5-1-3-6(4-2-5)13(19,20)21-22/h1-4,19-20H,22H3. The van der Waals surface area contributed by atoms with Crippen molar-refractivity contribution in [2.45, 2.75) is 5.97 Å². The van der Waals surface area contributed by atoms with Crippen molar-refractivity contribution in [3.8, 4) is 11.1 Å². The van der Waals surface area contributed by atoms with Crippen molar-refractivity contribution in [3.63, 3.8) is 0 Å². The normalized spacial score (nSPS) is 12.0. The molecule has 0 aliphatic rings. The van der Waals surface area contributed by atoms with E-state index in [1.54, 1.807) is 0 Å². The van der Waals surface area contributed by atoms with Gasteiger partial charge in [0.05, 0.1) is 5.56 Å². The Bertz CT molecular complexity index is 690. The summed E-state index contributed by atoms with van der Waals surface area (Å²) in [5.74, 6) is -12.9. The monoisotopic (exact) mass is 336 g/mol. The Hall–Kier alpha value is -1.81. The van der Waals surface area contributed by atoms with E-state index >= 15 is 0 Å². The van der Waals surface area contributed by atoms with Crippen LogP contribution in [0.4, 0.5) is 22.0 Å². The molecule has 2 aromatic carbocycles. The predicted molar refractivity (Wildman–Crippen MR) is 68.8 cm³/mol. The number of aliphatic hydroxyl groups is 2. The molecule has 118 valence electrons. The van der Waals surface area contributed by atoms with Crippen molar-refractivity contribution in [1.29, 1.82) is 0 Å². The second-order valence-electron chi connectivity index (χ2n) is 4.33. The third-order valence-corrected chi connectivity index (χ3v) is 3.61. The second-order valence-corrected chi connectivity index (χ2v) is 4.74. The highest BCUT2D eigenvalue weighted by molar-refractivity contribution is 5.98. The lowest BCUT2D eigenvalue weighted by atomic mass is 10.0. The molecule has 2 aromatic rings. The van der Waals surface area contributed by atoms with E-state index < -0.39 is 40.6 Å². The fourth-order valence-corrected chi connectivity index (χ4v) is 2.07. The fraction of sp³-hybridized carbons (Fsp3) is 0.0769. The van der Waals surface area contributed by atoms with Gasteiger partial charge < -0.3 is 14.6 Å². The van der Waals surface area contributed by atoms with Crippen LogP contribution >= 0.6 is 0 Å². The molecule has 22 heavy (non-hydrogen) atoms. The number of benzene rings is 2. The van der Waals surface area contributed by atoms with Gasteiger partial charge in [0.1, 0.15) is 0 Å². The van der Waals surface area contributed by atoms with E-state index in [9.17, 15) is 32.2 Å². The highest BCUT2D eigenvalue weighted by Gasteiger charge is 2.28. The Morgan fingerprint density at radius 1 is 0.773 bits per heavy atom. The zero-order valence-electron chi connectivity index (χ0n) is 11.0. The molecule has 9 heteroatoms. The molecule has 3 nitrogen and oxygen atoms in total. The summed E-state index contributed by atoms with van der Waals surface area (Å²) in [4.78, 5) is 0. The van der Waals surface area contributed by atoms with E-state index in [1.807, 2.05) is 0 Å². The highest BCUT2D eigenvalue weighted by Crippen LogP contribution is 2.32. The molecule has 0 saturated carbocycles.